The number of carbonyl (C=O) groups excluding carboxylic acids is 2. The molecule has 0 spiro atoms. The number of aliphatic imine (C=N–C) groups is 1. The van der Waals surface area contributed by atoms with E-state index in [0.29, 0.717) is 10.6 Å². The first-order chi connectivity index (χ1) is 12.9. The summed E-state index contributed by atoms with van der Waals surface area (Å²) in [5.41, 5.74) is 1.40. The van der Waals surface area contributed by atoms with Gasteiger partial charge in [0.05, 0.1) is 11.7 Å². The molecule has 0 saturated carbocycles. The molecule has 2 aromatic rings. The van der Waals surface area contributed by atoms with Crippen molar-refractivity contribution >= 4 is 52.1 Å². The highest BCUT2D eigenvalue weighted by atomic mass is 35.5. The number of benzene rings is 2. The number of para-hydroxylation sites is 1. The Balaban J connectivity index is 1.77. The molecule has 1 aliphatic heterocycles. The van der Waals surface area contributed by atoms with Gasteiger partial charge in [0.2, 0.25) is 0 Å². The summed E-state index contributed by atoms with van der Waals surface area (Å²) in [7, 11) is 1.80. The van der Waals surface area contributed by atoms with Gasteiger partial charge in [0.1, 0.15) is 5.71 Å². The van der Waals surface area contributed by atoms with E-state index in [1.807, 2.05) is 37.3 Å². The van der Waals surface area contributed by atoms with E-state index in [-0.39, 0.29) is 22.8 Å². The van der Waals surface area contributed by atoms with Crippen LogP contribution >= 0.6 is 23.8 Å². The number of nitrogens with one attached hydrogen (secondary N) is 1. The van der Waals surface area contributed by atoms with Crippen LogP contribution in [0, 0.1) is 0 Å². The van der Waals surface area contributed by atoms with Gasteiger partial charge in [0, 0.05) is 17.6 Å². The maximum absolute atomic E-state index is 12.8. The van der Waals surface area contributed by atoms with Crippen LogP contribution in [0.2, 0.25) is 5.02 Å². The molecule has 2 aromatic carbocycles. The van der Waals surface area contributed by atoms with Crippen LogP contribution in [0.15, 0.2) is 59.6 Å². The van der Waals surface area contributed by atoms with E-state index in [9.17, 15) is 9.59 Å². The second-order valence-corrected chi connectivity index (χ2v) is 6.79. The molecule has 138 valence electrons. The number of thiocarbonyl (C=S) groups is 1. The molecule has 27 heavy (non-hydrogen) atoms. The third-order valence-corrected chi connectivity index (χ3v) is 4.68. The van der Waals surface area contributed by atoms with Crippen LogP contribution in [0.5, 0.6) is 0 Å². The Hall–Kier alpha value is -2.61. The van der Waals surface area contributed by atoms with Gasteiger partial charge in [-0.2, -0.15) is 0 Å². The van der Waals surface area contributed by atoms with Crippen LogP contribution in [0.4, 0.5) is 5.69 Å². The van der Waals surface area contributed by atoms with Crippen molar-refractivity contribution in [2.45, 2.75) is 13.0 Å². The Labute approximate surface area is 167 Å². The van der Waals surface area contributed by atoms with E-state index in [0.717, 1.165) is 5.69 Å². The molecule has 2 amide bonds. The van der Waals surface area contributed by atoms with Gasteiger partial charge in [0.25, 0.3) is 11.8 Å². The molecule has 3 rings (SSSR count). The van der Waals surface area contributed by atoms with E-state index >= 15 is 0 Å². The normalized spacial score (nSPS) is 18.8. The van der Waals surface area contributed by atoms with Crippen LogP contribution in [-0.2, 0) is 4.79 Å². The van der Waals surface area contributed by atoms with Crippen molar-refractivity contribution in [1.82, 2.24) is 10.3 Å². The van der Waals surface area contributed by atoms with Crippen molar-refractivity contribution in [3.05, 3.63) is 65.2 Å². The fourth-order valence-electron chi connectivity index (χ4n) is 2.70. The van der Waals surface area contributed by atoms with Crippen molar-refractivity contribution in [2.75, 3.05) is 12.1 Å². The van der Waals surface area contributed by atoms with Crippen molar-refractivity contribution in [1.29, 1.82) is 0 Å². The number of carbonyl (C=O) groups is 2. The molecule has 1 saturated heterocycles. The van der Waals surface area contributed by atoms with Crippen LogP contribution in [0.3, 0.4) is 0 Å². The average Bonchev–Trinajstić information content (AvgIpc) is 2.86. The lowest BCUT2D eigenvalue weighted by atomic mass is 10.2. The third kappa shape index (κ3) is 4.05. The molecule has 1 aliphatic rings. The highest BCUT2D eigenvalue weighted by Gasteiger charge is 2.40. The number of halogens is 1. The molecule has 0 aromatic heterocycles. The highest BCUT2D eigenvalue weighted by molar-refractivity contribution is 7.80. The standard InChI is InChI=1S/C19H17ClN4O2S/c1-12-16(18(26)24(23(12)2)15-6-4-3-5-7-15)21-19(27)22-17(25)13-8-10-14(20)11-9-13/h3-12H,1-2H3,(H,22,25,27). The Morgan fingerprint density at radius 2 is 1.78 bits per heavy atom. The summed E-state index contributed by atoms with van der Waals surface area (Å²) >= 11 is 11.0. The summed E-state index contributed by atoms with van der Waals surface area (Å²) in [5.74, 6) is -0.688. The van der Waals surface area contributed by atoms with Crippen LogP contribution < -0.4 is 10.3 Å². The monoisotopic (exact) mass is 400 g/mol. The first-order valence-corrected chi connectivity index (χ1v) is 8.99. The molecule has 1 N–H and O–H groups in total. The first kappa shape index (κ1) is 19.2. The number of hydrogen-bond donors (Lipinski definition) is 1. The quantitative estimate of drug-likeness (QED) is 0.787. The average molecular weight is 401 g/mol. The Bertz CT molecular complexity index is 915. The number of rotatable bonds is 2. The summed E-state index contributed by atoms with van der Waals surface area (Å²) in [4.78, 5) is 29.3. The third-order valence-electron chi connectivity index (χ3n) is 4.23. The molecular weight excluding hydrogens is 384 g/mol. The van der Waals surface area contributed by atoms with E-state index < -0.39 is 5.91 Å². The van der Waals surface area contributed by atoms with Gasteiger partial charge >= 0.3 is 0 Å². The number of hydrogen-bond acceptors (Lipinski definition) is 4. The summed E-state index contributed by atoms with van der Waals surface area (Å²) in [5, 5.41) is 6.31. The molecule has 1 heterocycles. The Kier molecular flexibility index (Phi) is 5.65. The van der Waals surface area contributed by atoms with Gasteiger partial charge in [-0.25, -0.2) is 15.0 Å². The zero-order chi connectivity index (χ0) is 19.6. The molecular formula is C19H17ClN4O2S. The second kappa shape index (κ2) is 7.96. The predicted octanol–water partition coefficient (Wildman–Crippen LogP) is 3.08. The van der Waals surface area contributed by atoms with Gasteiger partial charge in [-0.1, -0.05) is 29.8 Å². The summed E-state index contributed by atoms with van der Waals surface area (Å²) in [6.07, 6.45) is 0. The summed E-state index contributed by atoms with van der Waals surface area (Å²) < 4.78 is 0. The zero-order valence-electron chi connectivity index (χ0n) is 14.7. The molecule has 1 atom stereocenters. The Morgan fingerprint density at radius 1 is 1.15 bits per heavy atom. The van der Waals surface area contributed by atoms with Crippen molar-refractivity contribution in [3.63, 3.8) is 0 Å². The highest BCUT2D eigenvalue weighted by Crippen LogP contribution is 2.24. The van der Waals surface area contributed by atoms with Gasteiger partial charge in [-0.05, 0) is 55.5 Å². The minimum absolute atomic E-state index is 0.0616. The van der Waals surface area contributed by atoms with Crippen LogP contribution in [-0.4, -0.2) is 40.7 Å². The smallest absolute Gasteiger partial charge is 0.289 e. The molecule has 0 radical (unpaired) electrons. The van der Waals surface area contributed by atoms with Crippen molar-refractivity contribution in [3.8, 4) is 0 Å². The van der Waals surface area contributed by atoms with Gasteiger partial charge < -0.3 is 0 Å². The number of amides is 2. The molecule has 0 aliphatic carbocycles. The van der Waals surface area contributed by atoms with E-state index in [1.54, 1.807) is 36.3 Å². The number of nitrogens with zero attached hydrogens (tertiary/aromatic N) is 3. The lowest BCUT2D eigenvalue weighted by Gasteiger charge is -2.25. The lowest BCUT2D eigenvalue weighted by molar-refractivity contribution is -0.113. The van der Waals surface area contributed by atoms with E-state index in [4.69, 9.17) is 23.8 Å². The van der Waals surface area contributed by atoms with Gasteiger partial charge in [-0.15, -0.1) is 0 Å². The fraction of sp³-hybridized carbons (Fsp3) is 0.158. The topological polar surface area (TPSA) is 65.0 Å². The molecule has 6 nitrogen and oxygen atoms in total. The molecule has 0 bridgehead atoms. The number of hydrazine groups is 1. The van der Waals surface area contributed by atoms with E-state index in [2.05, 4.69) is 10.3 Å². The number of anilines is 1. The SMILES string of the molecule is CC1C(=NC(=S)NC(=O)c2ccc(Cl)cc2)C(=O)N(c2ccccc2)N1C. The summed E-state index contributed by atoms with van der Waals surface area (Å²) in [6, 6.07) is 15.4. The summed E-state index contributed by atoms with van der Waals surface area (Å²) in [6.45, 7) is 1.85. The molecule has 1 unspecified atom stereocenters. The van der Waals surface area contributed by atoms with Gasteiger partial charge in [-0.3, -0.25) is 14.9 Å². The molecule has 8 heteroatoms. The lowest BCUT2D eigenvalue weighted by Crippen LogP contribution is -2.38. The maximum atomic E-state index is 12.8. The zero-order valence-corrected chi connectivity index (χ0v) is 16.3. The fourth-order valence-corrected chi connectivity index (χ4v) is 3.02. The van der Waals surface area contributed by atoms with Crippen LogP contribution in [0.25, 0.3) is 0 Å². The van der Waals surface area contributed by atoms with Crippen molar-refractivity contribution < 1.29 is 9.59 Å². The Morgan fingerprint density at radius 3 is 2.41 bits per heavy atom. The minimum atomic E-state index is -0.410. The van der Waals surface area contributed by atoms with E-state index in [1.165, 1.54) is 5.01 Å². The first-order valence-electron chi connectivity index (χ1n) is 8.20. The van der Waals surface area contributed by atoms with Crippen LogP contribution in [0.1, 0.15) is 17.3 Å². The van der Waals surface area contributed by atoms with Crippen molar-refractivity contribution in [2.24, 2.45) is 4.99 Å². The van der Waals surface area contributed by atoms with Gasteiger partial charge in [0.15, 0.2) is 5.11 Å². The largest absolute Gasteiger partial charge is 0.297 e. The minimum Gasteiger partial charge on any atom is -0.297 e. The maximum Gasteiger partial charge on any atom is 0.289 e. The molecule has 1 fully saturated rings. The predicted molar refractivity (Wildman–Crippen MR) is 110 cm³/mol. The second-order valence-electron chi connectivity index (χ2n) is 5.97.